The number of amides is 1. The van der Waals surface area contributed by atoms with Crippen molar-refractivity contribution in [1.29, 1.82) is 0 Å². The van der Waals surface area contributed by atoms with E-state index in [2.05, 4.69) is 30.2 Å². The number of fused-ring (bicyclic) bond motifs is 1. The smallest absolute Gasteiger partial charge is 0.255 e. The average molecular weight is 371 g/mol. The van der Waals surface area contributed by atoms with Crippen LogP contribution in [0.3, 0.4) is 0 Å². The minimum atomic E-state index is -0.215. The lowest BCUT2D eigenvalue weighted by atomic mass is 9.92. The van der Waals surface area contributed by atoms with Gasteiger partial charge in [0.1, 0.15) is 0 Å². The molecule has 0 aromatic carbocycles. The van der Waals surface area contributed by atoms with Crippen LogP contribution in [0.2, 0.25) is 0 Å². The maximum atomic E-state index is 12.6. The number of hydrogen-bond donors (Lipinski definition) is 2. The third kappa shape index (κ3) is 2.85. The number of hydrogen-bond acceptors (Lipinski definition) is 9. The van der Waals surface area contributed by atoms with Crippen molar-refractivity contribution in [2.24, 2.45) is 4.99 Å². The van der Waals surface area contributed by atoms with Crippen molar-refractivity contribution >= 4 is 29.2 Å². The number of nitrogen functional groups attached to an aromatic ring is 1. The Morgan fingerprint density at radius 3 is 2.96 bits per heavy atom. The lowest BCUT2D eigenvalue weighted by molar-refractivity contribution is 0.0915. The number of anilines is 1. The number of aliphatic imine (C=N–C) groups is 1. The predicted octanol–water partition coefficient (Wildman–Crippen LogP) is 0.705. The van der Waals surface area contributed by atoms with Crippen LogP contribution in [0.4, 0.5) is 5.95 Å². The van der Waals surface area contributed by atoms with Crippen molar-refractivity contribution in [3.63, 3.8) is 0 Å². The molecule has 2 aromatic heterocycles. The maximum Gasteiger partial charge on any atom is 0.255 e. The molecule has 0 saturated heterocycles. The molecule has 0 saturated carbocycles. The van der Waals surface area contributed by atoms with Crippen LogP contribution in [0, 0.1) is 6.92 Å². The molecular formula is C16H17N7O2S. The molecule has 0 bridgehead atoms. The van der Waals surface area contributed by atoms with E-state index in [1.807, 2.05) is 0 Å². The zero-order valence-corrected chi connectivity index (χ0v) is 15.0. The van der Waals surface area contributed by atoms with E-state index in [1.165, 1.54) is 0 Å². The lowest BCUT2D eigenvalue weighted by Crippen LogP contribution is -2.49. The van der Waals surface area contributed by atoms with Crippen LogP contribution in [0.15, 0.2) is 17.4 Å². The Bertz CT molecular complexity index is 904. The normalized spacial score (nSPS) is 24.2. The summed E-state index contributed by atoms with van der Waals surface area (Å²) in [5, 5.41) is 2.97. The molecule has 9 nitrogen and oxygen atoms in total. The fraction of sp³-hybridized carbons (Fsp3) is 0.375. The fourth-order valence-electron chi connectivity index (χ4n) is 3.29. The quantitative estimate of drug-likeness (QED) is 0.807. The molecule has 2 aromatic rings. The highest BCUT2D eigenvalue weighted by molar-refractivity contribution is 8.12. The van der Waals surface area contributed by atoms with Gasteiger partial charge in [0.05, 0.1) is 58.8 Å². The number of thioether (sulfide) groups is 1. The topological polar surface area (TPSA) is 128 Å². The van der Waals surface area contributed by atoms with E-state index >= 15 is 0 Å². The Labute approximate surface area is 153 Å². The Morgan fingerprint density at radius 2 is 2.15 bits per heavy atom. The SMILES string of the molecule is COc1cncc(C2SC=NC2[C@@H]2Cc3nc(N)nc(C)c3C(=O)N2)n1. The summed E-state index contributed by atoms with van der Waals surface area (Å²) in [6.45, 7) is 1.76. The second-order valence-corrected chi connectivity index (χ2v) is 7.05. The van der Waals surface area contributed by atoms with Crippen LogP contribution in [0.25, 0.3) is 0 Å². The molecule has 2 unspecified atom stereocenters. The van der Waals surface area contributed by atoms with Crippen LogP contribution in [-0.2, 0) is 6.42 Å². The molecule has 4 heterocycles. The molecule has 4 rings (SSSR count). The number of methoxy groups -OCH3 is 1. The first-order chi connectivity index (χ1) is 12.6. The molecule has 10 heteroatoms. The van der Waals surface area contributed by atoms with Crippen LogP contribution in [0.5, 0.6) is 5.88 Å². The van der Waals surface area contributed by atoms with Gasteiger partial charge in [-0.25, -0.2) is 15.0 Å². The lowest BCUT2D eigenvalue weighted by Gasteiger charge is -2.31. The molecule has 2 aliphatic heterocycles. The number of aryl methyl sites for hydroxylation is 1. The first-order valence-corrected chi connectivity index (χ1v) is 8.98. The number of ether oxygens (including phenoxy) is 1. The zero-order chi connectivity index (χ0) is 18.3. The van der Waals surface area contributed by atoms with E-state index in [4.69, 9.17) is 10.5 Å². The van der Waals surface area contributed by atoms with E-state index in [0.29, 0.717) is 29.3 Å². The largest absolute Gasteiger partial charge is 0.480 e. The molecule has 0 radical (unpaired) electrons. The Morgan fingerprint density at radius 1 is 1.31 bits per heavy atom. The van der Waals surface area contributed by atoms with Gasteiger partial charge in [-0.1, -0.05) is 0 Å². The molecule has 0 aliphatic carbocycles. The Balaban J connectivity index is 1.64. The van der Waals surface area contributed by atoms with Crippen LogP contribution < -0.4 is 15.8 Å². The average Bonchev–Trinajstić information content (AvgIpc) is 3.10. The van der Waals surface area contributed by atoms with Gasteiger partial charge in [0.25, 0.3) is 5.91 Å². The first kappa shape index (κ1) is 16.7. The summed E-state index contributed by atoms with van der Waals surface area (Å²) >= 11 is 1.55. The first-order valence-electron chi connectivity index (χ1n) is 8.03. The van der Waals surface area contributed by atoms with Crippen molar-refractivity contribution in [2.75, 3.05) is 12.8 Å². The minimum absolute atomic E-state index is 0.0651. The van der Waals surface area contributed by atoms with Gasteiger partial charge in [-0.3, -0.25) is 14.8 Å². The number of aromatic nitrogens is 4. The minimum Gasteiger partial charge on any atom is -0.480 e. The number of carbonyl (C=O) groups is 1. The van der Waals surface area contributed by atoms with Crippen LogP contribution in [0.1, 0.15) is 32.7 Å². The van der Waals surface area contributed by atoms with E-state index in [1.54, 1.807) is 43.7 Å². The summed E-state index contributed by atoms with van der Waals surface area (Å²) in [7, 11) is 1.55. The number of nitrogens with one attached hydrogen (secondary N) is 1. The highest BCUT2D eigenvalue weighted by Crippen LogP contribution is 2.39. The number of carbonyl (C=O) groups excluding carboxylic acids is 1. The molecule has 0 spiro atoms. The Hall–Kier alpha value is -2.75. The monoisotopic (exact) mass is 371 g/mol. The zero-order valence-electron chi connectivity index (χ0n) is 14.2. The van der Waals surface area contributed by atoms with E-state index in [-0.39, 0.29) is 29.2 Å². The molecule has 3 atom stereocenters. The second kappa shape index (κ2) is 6.52. The van der Waals surface area contributed by atoms with E-state index < -0.39 is 0 Å². The molecule has 1 amide bonds. The van der Waals surface area contributed by atoms with Gasteiger partial charge in [0.15, 0.2) is 0 Å². The summed E-state index contributed by atoms with van der Waals surface area (Å²) in [5.41, 5.74) is 10.1. The van der Waals surface area contributed by atoms with E-state index in [9.17, 15) is 4.79 Å². The maximum absolute atomic E-state index is 12.6. The molecular weight excluding hydrogens is 354 g/mol. The third-order valence-electron chi connectivity index (χ3n) is 4.43. The summed E-state index contributed by atoms with van der Waals surface area (Å²) < 4.78 is 5.16. The van der Waals surface area contributed by atoms with Crippen molar-refractivity contribution in [3.05, 3.63) is 35.0 Å². The van der Waals surface area contributed by atoms with Crippen molar-refractivity contribution < 1.29 is 9.53 Å². The van der Waals surface area contributed by atoms with Gasteiger partial charge < -0.3 is 15.8 Å². The molecule has 3 N–H and O–H groups in total. The van der Waals surface area contributed by atoms with E-state index in [0.717, 1.165) is 5.69 Å². The highest BCUT2D eigenvalue weighted by atomic mass is 32.2. The van der Waals surface area contributed by atoms with Crippen LogP contribution >= 0.6 is 11.8 Å². The summed E-state index contributed by atoms with van der Waals surface area (Å²) in [6.07, 6.45) is 3.79. The molecule has 134 valence electrons. The number of nitrogens with two attached hydrogens (primary N) is 1. The molecule has 26 heavy (non-hydrogen) atoms. The van der Waals surface area contributed by atoms with Gasteiger partial charge in [-0.15, -0.1) is 11.8 Å². The van der Waals surface area contributed by atoms with Gasteiger partial charge in [-0.05, 0) is 6.92 Å². The molecule has 2 aliphatic rings. The van der Waals surface area contributed by atoms with Crippen LogP contribution in [-0.4, -0.2) is 50.6 Å². The highest BCUT2D eigenvalue weighted by Gasteiger charge is 2.39. The van der Waals surface area contributed by atoms with Crippen molar-refractivity contribution in [1.82, 2.24) is 25.3 Å². The summed E-state index contributed by atoms with van der Waals surface area (Å²) in [5.74, 6) is 0.424. The van der Waals surface area contributed by atoms with Gasteiger partial charge in [-0.2, -0.15) is 0 Å². The van der Waals surface area contributed by atoms with Crippen molar-refractivity contribution in [3.8, 4) is 5.88 Å². The summed E-state index contributed by atoms with van der Waals surface area (Å²) in [6, 6.07) is -0.400. The van der Waals surface area contributed by atoms with Gasteiger partial charge >= 0.3 is 0 Å². The molecule has 0 fully saturated rings. The van der Waals surface area contributed by atoms with Gasteiger partial charge in [0, 0.05) is 12.6 Å². The Kier molecular flexibility index (Phi) is 4.19. The number of rotatable bonds is 3. The standard InChI is InChI=1S/C16H17N7O2S/c1-7-12-8(23-16(17)20-7)3-9(22-15(12)24)13-14(26-6-19-13)10-4-18-5-11(21-10)25-2/h4-6,9,13-14H,3H2,1-2H3,(H,22,24)(H2,17,20,23)/t9-,13?,14?/m0/s1. The fourth-order valence-corrected chi connectivity index (χ4v) is 4.31. The number of nitrogens with zero attached hydrogens (tertiary/aromatic N) is 5. The summed E-state index contributed by atoms with van der Waals surface area (Å²) in [4.78, 5) is 34.1. The third-order valence-corrected chi connectivity index (χ3v) is 5.49. The van der Waals surface area contributed by atoms with Crippen molar-refractivity contribution in [2.45, 2.75) is 30.7 Å². The second-order valence-electron chi connectivity index (χ2n) is 6.06. The predicted molar refractivity (Wildman–Crippen MR) is 97.3 cm³/mol. The van der Waals surface area contributed by atoms with Gasteiger partial charge in [0.2, 0.25) is 11.8 Å².